The second-order valence-electron chi connectivity index (χ2n) is 3.29. The number of halogens is 3. The second kappa shape index (κ2) is 5.21. The van der Waals surface area contributed by atoms with Gasteiger partial charge in [0.15, 0.2) is 0 Å². The third-order valence-electron chi connectivity index (χ3n) is 1.91. The summed E-state index contributed by atoms with van der Waals surface area (Å²) in [6.07, 6.45) is 0. The average Bonchev–Trinajstić information content (AvgIpc) is 2.21. The fourth-order valence-corrected chi connectivity index (χ4v) is 2.16. The maximum atomic E-state index is 6.03. The van der Waals surface area contributed by atoms with Crippen LogP contribution in [0.4, 0.5) is 0 Å². The molecular formula is C11H7BrCl2N2O. The van der Waals surface area contributed by atoms with Crippen molar-refractivity contribution in [3.63, 3.8) is 0 Å². The van der Waals surface area contributed by atoms with Crippen molar-refractivity contribution in [2.75, 3.05) is 0 Å². The smallest absolute Gasteiger partial charge is 0.225 e. The fraction of sp³-hybridized carbons (Fsp3) is 0.0909. The molecule has 0 spiro atoms. The summed E-state index contributed by atoms with van der Waals surface area (Å²) < 4.78 is 6.42. The van der Waals surface area contributed by atoms with Crippen molar-refractivity contribution in [2.24, 2.45) is 0 Å². The Labute approximate surface area is 117 Å². The zero-order valence-corrected chi connectivity index (χ0v) is 11.8. The summed E-state index contributed by atoms with van der Waals surface area (Å²) in [5.74, 6) is 0.885. The summed E-state index contributed by atoms with van der Waals surface area (Å²) in [6, 6.07) is 7.01. The maximum absolute atomic E-state index is 6.03. The lowest BCUT2D eigenvalue weighted by atomic mass is 10.3. The van der Waals surface area contributed by atoms with E-state index in [4.69, 9.17) is 27.9 Å². The molecule has 0 aliphatic rings. The quantitative estimate of drug-likeness (QED) is 0.750. The molecule has 2 rings (SSSR count). The molecule has 0 unspecified atom stereocenters. The summed E-state index contributed by atoms with van der Waals surface area (Å²) in [6.45, 7) is 1.81. The number of hydrogen-bond donors (Lipinski definition) is 0. The minimum atomic E-state index is 0.147. The van der Waals surface area contributed by atoms with Crippen LogP contribution < -0.4 is 4.74 Å². The Morgan fingerprint density at radius 1 is 1.18 bits per heavy atom. The van der Waals surface area contributed by atoms with Crippen molar-refractivity contribution in [2.45, 2.75) is 6.92 Å². The molecule has 0 amide bonds. The van der Waals surface area contributed by atoms with Crippen LogP contribution in [-0.4, -0.2) is 9.97 Å². The lowest BCUT2D eigenvalue weighted by Gasteiger charge is -2.07. The third-order valence-corrected chi connectivity index (χ3v) is 2.87. The number of aromatic nitrogens is 2. The zero-order chi connectivity index (χ0) is 12.4. The Morgan fingerprint density at radius 2 is 1.94 bits per heavy atom. The van der Waals surface area contributed by atoms with Crippen LogP contribution >= 0.6 is 39.1 Å². The van der Waals surface area contributed by atoms with Crippen LogP contribution in [0.25, 0.3) is 0 Å². The monoisotopic (exact) mass is 332 g/mol. The van der Waals surface area contributed by atoms with Crippen LogP contribution in [-0.2, 0) is 0 Å². The molecule has 0 atom stereocenters. The lowest BCUT2D eigenvalue weighted by molar-refractivity contribution is 0.461. The van der Waals surface area contributed by atoms with Crippen molar-refractivity contribution in [3.8, 4) is 11.6 Å². The van der Waals surface area contributed by atoms with Crippen molar-refractivity contribution < 1.29 is 4.74 Å². The standard InChI is InChI=1S/C11H7BrCl2N2O/c1-6-4-10(16-11(14)15-6)17-9-3-2-7(12)5-8(9)13/h2-5H,1H3. The highest BCUT2D eigenvalue weighted by Crippen LogP contribution is 2.31. The van der Waals surface area contributed by atoms with Gasteiger partial charge in [0, 0.05) is 16.2 Å². The van der Waals surface area contributed by atoms with Gasteiger partial charge < -0.3 is 4.74 Å². The van der Waals surface area contributed by atoms with Gasteiger partial charge in [-0.1, -0.05) is 27.5 Å². The fourth-order valence-electron chi connectivity index (χ4n) is 1.23. The van der Waals surface area contributed by atoms with E-state index in [-0.39, 0.29) is 5.28 Å². The molecule has 0 N–H and O–H groups in total. The zero-order valence-electron chi connectivity index (χ0n) is 8.75. The van der Waals surface area contributed by atoms with Crippen LogP contribution in [0, 0.1) is 6.92 Å². The average molecular weight is 334 g/mol. The molecule has 0 aliphatic carbocycles. The van der Waals surface area contributed by atoms with E-state index in [2.05, 4.69) is 25.9 Å². The number of rotatable bonds is 2. The van der Waals surface area contributed by atoms with Crippen LogP contribution in [0.2, 0.25) is 10.3 Å². The van der Waals surface area contributed by atoms with Gasteiger partial charge in [0.05, 0.1) is 5.02 Å². The Bertz CT molecular complexity index is 543. The van der Waals surface area contributed by atoms with Gasteiger partial charge in [0.2, 0.25) is 11.2 Å². The molecule has 0 aliphatic heterocycles. The molecule has 1 aromatic heterocycles. The number of nitrogens with zero attached hydrogens (tertiary/aromatic N) is 2. The molecule has 0 radical (unpaired) electrons. The van der Waals surface area contributed by atoms with Crippen LogP contribution in [0.5, 0.6) is 11.6 Å². The van der Waals surface area contributed by atoms with Gasteiger partial charge in [0.1, 0.15) is 5.75 Å². The van der Waals surface area contributed by atoms with Crippen molar-refractivity contribution in [3.05, 3.63) is 44.7 Å². The molecular weight excluding hydrogens is 327 g/mol. The van der Waals surface area contributed by atoms with E-state index in [1.807, 2.05) is 13.0 Å². The van der Waals surface area contributed by atoms with E-state index in [0.717, 1.165) is 10.2 Å². The first-order valence-corrected chi connectivity index (χ1v) is 6.23. The molecule has 3 nitrogen and oxygen atoms in total. The number of hydrogen-bond acceptors (Lipinski definition) is 3. The van der Waals surface area contributed by atoms with Crippen LogP contribution in [0.3, 0.4) is 0 Å². The largest absolute Gasteiger partial charge is 0.437 e. The predicted molar refractivity (Wildman–Crippen MR) is 71.0 cm³/mol. The highest BCUT2D eigenvalue weighted by molar-refractivity contribution is 9.10. The molecule has 1 aromatic carbocycles. The minimum Gasteiger partial charge on any atom is -0.437 e. The molecule has 1 heterocycles. The summed E-state index contributed by atoms with van der Waals surface area (Å²) >= 11 is 15.1. The number of aryl methyl sites for hydroxylation is 1. The highest BCUT2D eigenvalue weighted by atomic mass is 79.9. The van der Waals surface area contributed by atoms with Gasteiger partial charge in [-0.05, 0) is 36.7 Å². The number of benzene rings is 1. The second-order valence-corrected chi connectivity index (χ2v) is 4.95. The minimum absolute atomic E-state index is 0.147. The molecule has 17 heavy (non-hydrogen) atoms. The molecule has 0 fully saturated rings. The van der Waals surface area contributed by atoms with Crippen LogP contribution in [0.1, 0.15) is 5.69 Å². The molecule has 88 valence electrons. The van der Waals surface area contributed by atoms with Gasteiger partial charge in [-0.2, -0.15) is 4.98 Å². The third kappa shape index (κ3) is 3.31. The predicted octanol–water partition coefficient (Wildman–Crippen LogP) is 4.65. The Morgan fingerprint density at radius 3 is 2.59 bits per heavy atom. The van der Waals surface area contributed by atoms with Gasteiger partial charge in [-0.3, -0.25) is 0 Å². The molecule has 0 saturated heterocycles. The lowest BCUT2D eigenvalue weighted by Crippen LogP contribution is -1.93. The van der Waals surface area contributed by atoms with E-state index in [1.54, 1.807) is 18.2 Å². The van der Waals surface area contributed by atoms with E-state index in [0.29, 0.717) is 16.7 Å². The SMILES string of the molecule is Cc1cc(Oc2ccc(Br)cc2Cl)nc(Cl)n1. The summed E-state index contributed by atoms with van der Waals surface area (Å²) in [4.78, 5) is 7.90. The summed E-state index contributed by atoms with van der Waals surface area (Å²) in [5.41, 5.74) is 0.730. The van der Waals surface area contributed by atoms with Crippen molar-refractivity contribution >= 4 is 39.1 Å². The molecule has 0 bridgehead atoms. The van der Waals surface area contributed by atoms with Gasteiger partial charge in [-0.25, -0.2) is 4.98 Å². The van der Waals surface area contributed by atoms with E-state index in [9.17, 15) is 0 Å². The Hall–Kier alpha value is -0.840. The summed E-state index contributed by atoms with van der Waals surface area (Å²) in [5, 5.41) is 0.639. The molecule has 6 heteroatoms. The van der Waals surface area contributed by atoms with E-state index in [1.165, 1.54) is 0 Å². The van der Waals surface area contributed by atoms with Crippen LogP contribution in [0.15, 0.2) is 28.7 Å². The van der Waals surface area contributed by atoms with E-state index < -0.39 is 0 Å². The summed E-state index contributed by atoms with van der Waals surface area (Å²) in [7, 11) is 0. The van der Waals surface area contributed by atoms with Crippen molar-refractivity contribution in [1.29, 1.82) is 0 Å². The number of ether oxygens (including phenoxy) is 1. The van der Waals surface area contributed by atoms with Gasteiger partial charge in [-0.15, -0.1) is 0 Å². The van der Waals surface area contributed by atoms with Crippen molar-refractivity contribution in [1.82, 2.24) is 9.97 Å². The first kappa shape index (κ1) is 12.6. The molecule has 0 saturated carbocycles. The van der Waals surface area contributed by atoms with Gasteiger partial charge in [0.25, 0.3) is 0 Å². The van der Waals surface area contributed by atoms with E-state index >= 15 is 0 Å². The Kier molecular flexibility index (Phi) is 3.86. The normalized spacial score (nSPS) is 10.4. The Balaban J connectivity index is 2.31. The van der Waals surface area contributed by atoms with Gasteiger partial charge >= 0.3 is 0 Å². The topological polar surface area (TPSA) is 35.0 Å². The maximum Gasteiger partial charge on any atom is 0.225 e. The first-order chi connectivity index (χ1) is 8.04. The first-order valence-electron chi connectivity index (χ1n) is 4.69. The highest BCUT2D eigenvalue weighted by Gasteiger charge is 2.06. The molecule has 2 aromatic rings.